The smallest absolute Gasteiger partial charge is 0.460 e. The Morgan fingerprint density at radius 2 is 1.78 bits per heavy atom. The summed E-state index contributed by atoms with van der Waals surface area (Å²) < 4.78 is 33.9. The molecule has 10 heteroatoms. The maximum atomic E-state index is 12.7. The van der Waals surface area contributed by atoms with Crippen LogP contribution in [0.4, 0.5) is 10.5 Å². The van der Waals surface area contributed by atoms with Gasteiger partial charge in [-0.05, 0) is 44.5 Å². The molecule has 0 aliphatic carbocycles. The number of hydrogen-bond donors (Lipinski definition) is 1. The molecule has 194 valence electrons. The van der Waals surface area contributed by atoms with Gasteiger partial charge in [-0.3, -0.25) is 4.79 Å². The van der Waals surface area contributed by atoms with Crippen LogP contribution in [0, 0.1) is 6.92 Å². The van der Waals surface area contributed by atoms with Crippen LogP contribution in [-0.2, 0) is 30.2 Å². The van der Waals surface area contributed by atoms with Gasteiger partial charge in [-0.2, -0.15) is 0 Å². The number of amides is 1. The normalized spacial score (nSPS) is 24.2. The fourth-order valence-electron chi connectivity index (χ4n) is 4.79. The highest BCUT2D eigenvalue weighted by Crippen LogP contribution is 2.39. The van der Waals surface area contributed by atoms with Crippen LogP contribution >= 0.6 is 0 Å². The van der Waals surface area contributed by atoms with Gasteiger partial charge in [-0.15, -0.1) is 0 Å². The minimum absolute atomic E-state index is 0.0438. The van der Waals surface area contributed by atoms with Gasteiger partial charge in [-0.1, -0.05) is 30.3 Å². The molecule has 3 aromatic rings. The molecule has 1 N–H and O–H groups in total. The number of anilines is 1. The third kappa shape index (κ3) is 4.77. The van der Waals surface area contributed by atoms with Crippen LogP contribution < -0.4 is 15.7 Å². The van der Waals surface area contributed by atoms with Crippen molar-refractivity contribution in [2.45, 2.75) is 57.4 Å². The van der Waals surface area contributed by atoms with Gasteiger partial charge < -0.3 is 33.4 Å². The maximum Gasteiger partial charge on any atom is 0.509 e. The van der Waals surface area contributed by atoms with E-state index in [0.717, 1.165) is 5.56 Å². The molecule has 2 aliphatic heterocycles. The zero-order chi connectivity index (χ0) is 26.3. The number of aryl methyl sites for hydroxylation is 1. The fraction of sp³-hybridized carbons (Fsp3) is 0.370. The van der Waals surface area contributed by atoms with Crippen LogP contribution in [0.3, 0.4) is 0 Å². The van der Waals surface area contributed by atoms with Gasteiger partial charge in [0.2, 0.25) is 18.3 Å². The van der Waals surface area contributed by atoms with E-state index in [9.17, 15) is 14.4 Å². The van der Waals surface area contributed by atoms with Crippen LogP contribution in [0.15, 0.2) is 57.7 Å². The van der Waals surface area contributed by atoms with E-state index in [1.165, 1.54) is 7.11 Å². The van der Waals surface area contributed by atoms with Crippen LogP contribution in [-0.4, -0.2) is 49.4 Å². The van der Waals surface area contributed by atoms with Crippen LogP contribution in [0.25, 0.3) is 11.0 Å². The van der Waals surface area contributed by atoms with E-state index in [0.29, 0.717) is 22.3 Å². The molecular weight excluding hydrogens is 482 g/mol. The second-order valence-corrected chi connectivity index (χ2v) is 9.54. The van der Waals surface area contributed by atoms with Crippen molar-refractivity contribution in [3.8, 4) is 5.75 Å². The molecule has 0 saturated carbocycles. The lowest BCUT2D eigenvalue weighted by Gasteiger charge is -2.45. The zero-order valence-corrected chi connectivity index (χ0v) is 20.8. The largest absolute Gasteiger partial charge is 0.509 e. The van der Waals surface area contributed by atoms with Crippen LogP contribution in [0.5, 0.6) is 5.75 Å². The third-order valence-electron chi connectivity index (χ3n) is 6.54. The monoisotopic (exact) mass is 509 g/mol. The Morgan fingerprint density at radius 3 is 2.51 bits per heavy atom. The predicted molar refractivity (Wildman–Crippen MR) is 132 cm³/mol. The molecule has 2 aliphatic rings. The maximum absolute atomic E-state index is 12.7. The number of rotatable bonds is 6. The van der Waals surface area contributed by atoms with E-state index in [4.69, 9.17) is 28.1 Å². The van der Waals surface area contributed by atoms with Crippen molar-refractivity contribution in [3.05, 3.63) is 70.1 Å². The molecule has 0 spiro atoms. The van der Waals surface area contributed by atoms with E-state index in [-0.39, 0.29) is 18.0 Å². The summed E-state index contributed by atoms with van der Waals surface area (Å²) in [6.45, 7) is 5.34. The standard InChI is InChI=1S/C27H27NO9/c1-14-18(33-25-22-21(35-26(31)36-22)23(32-4)27(2,3)37-25)11-10-16-13-17(24(30)34-20(14)16)28-19(29)12-15-8-6-5-7-9-15/h5-11,13,21-23,25H,12H2,1-4H3,(H,28,29)/t21-,22+,23+,25+/m0/s1. The highest BCUT2D eigenvalue weighted by Gasteiger charge is 2.59. The summed E-state index contributed by atoms with van der Waals surface area (Å²) in [5.74, 6) is 0.0405. The quantitative estimate of drug-likeness (QED) is 0.391. The molecule has 5 rings (SSSR count). The lowest BCUT2D eigenvalue weighted by molar-refractivity contribution is -0.282. The summed E-state index contributed by atoms with van der Waals surface area (Å²) >= 11 is 0. The van der Waals surface area contributed by atoms with E-state index >= 15 is 0 Å². The van der Waals surface area contributed by atoms with E-state index in [1.54, 1.807) is 39.0 Å². The Hall–Kier alpha value is -3.89. The summed E-state index contributed by atoms with van der Waals surface area (Å²) in [5, 5.41) is 3.22. The molecule has 2 fully saturated rings. The van der Waals surface area contributed by atoms with Gasteiger partial charge in [0.05, 0.1) is 12.0 Å². The summed E-state index contributed by atoms with van der Waals surface area (Å²) in [6, 6.07) is 14.2. The summed E-state index contributed by atoms with van der Waals surface area (Å²) in [4.78, 5) is 37.0. The van der Waals surface area contributed by atoms with Crippen molar-refractivity contribution in [2.75, 3.05) is 12.4 Å². The number of hydrogen-bond acceptors (Lipinski definition) is 9. The first kappa shape index (κ1) is 24.8. The zero-order valence-electron chi connectivity index (χ0n) is 20.8. The summed E-state index contributed by atoms with van der Waals surface area (Å²) in [5.41, 5.74) is 0.165. The molecule has 10 nitrogen and oxygen atoms in total. The minimum atomic E-state index is -0.989. The number of carbonyl (C=O) groups excluding carboxylic acids is 2. The third-order valence-corrected chi connectivity index (χ3v) is 6.54. The Kier molecular flexibility index (Phi) is 6.38. The molecule has 0 unspecified atom stereocenters. The topological polar surface area (TPSA) is 123 Å². The molecule has 0 radical (unpaired) electrons. The van der Waals surface area contributed by atoms with Crippen molar-refractivity contribution in [3.63, 3.8) is 0 Å². The first-order valence-corrected chi connectivity index (χ1v) is 11.8. The summed E-state index contributed by atoms with van der Waals surface area (Å²) in [6.07, 6.45) is -3.81. The van der Waals surface area contributed by atoms with E-state index < -0.39 is 42.0 Å². The molecule has 2 saturated heterocycles. The molecule has 1 aromatic heterocycles. The van der Waals surface area contributed by atoms with E-state index in [2.05, 4.69) is 5.32 Å². The Labute approximate surface area is 212 Å². The lowest BCUT2D eigenvalue weighted by Crippen LogP contribution is -2.62. The van der Waals surface area contributed by atoms with Crippen molar-refractivity contribution in [2.24, 2.45) is 0 Å². The number of carbonyl (C=O) groups is 2. The Morgan fingerprint density at radius 1 is 1.05 bits per heavy atom. The van der Waals surface area contributed by atoms with Crippen molar-refractivity contribution < 1.29 is 37.7 Å². The lowest BCUT2D eigenvalue weighted by atomic mass is 9.89. The number of nitrogens with one attached hydrogen (secondary N) is 1. The van der Waals surface area contributed by atoms with Gasteiger partial charge in [0.1, 0.15) is 23.1 Å². The molecule has 3 heterocycles. The first-order valence-electron chi connectivity index (χ1n) is 11.8. The highest BCUT2D eigenvalue weighted by molar-refractivity contribution is 5.94. The number of ether oxygens (including phenoxy) is 5. The predicted octanol–water partition coefficient (Wildman–Crippen LogP) is 3.72. The molecule has 1 amide bonds. The van der Waals surface area contributed by atoms with Gasteiger partial charge in [0.25, 0.3) is 0 Å². The summed E-state index contributed by atoms with van der Waals surface area (Å²) in [7, 11) is 1.51. The van der Waals surface area contributed by atoms with Gasteiger partial charge >= 0.3 is 11.8 Å². The molecule has 37 heavy (non-hydrogen) atoms. The van der Waals surface area contributed by atoms with E-state index in [1.807, 2.05) is 30.3 Å². The van der Waals surface area contributed by atoms with Gasteiger partial charge in [-0.25, -0.2) is 9.59 Å². The first-order chi connectivity index (χ1) is 17.7. The van der Waals surface area contributed by atoms with Crippen molar-refractivity contribution in [1.82, 2.24) is 0 Å². The Balaban J connectivity index is 1.38. The number of fused-ring (bicyclic) bond motifs is 2. The average Bonchev–Trinajstić information content (AvgIpc) is 3.23. The number of methoxy groups -OCH3 is 1. The second-order valence-electron chi connectivity index (χ2n) is 9.54. The van der Waals surface area contributed by atoms with Crippen LogP contribution in [0.1, 0.15) is 25.0 Å². The van der Waals surface area contributed by atoms with Gasteiger partial charge in [0.15, 0.2) is 6.10 Å². The van der Waals surface area contributed by atoms with Gasteiger partial charge in [0, 0.05) is 18.1 Å². The van der Waals surface area contributed by atoms with Crippen molar-refractivity contribution >= 4 is 28.7 Å². The molecule has 4 atom stereocenters. The highest BCUT2D eigenvalue weighted by atomic mass is 16.8. The molecule has 0 bridgehead atoms. The fourth-order valence-corrected chi connectivity index (χ4v) is 4.79. The van der Waals surface area contributed by atoms with Crippen molar-refractivity contribution in [1.29, 1.82) is 0 Å². The SMILES string of the molecule is CO[C@@H]1[C@H]2OC(=O)O[C@H]2[C@H](Oc2ccc3cc(NC(=O)Cc4ccccc4)c(=O)oc3c2C)OC1(C)C. The number of benzene rings is 2. The second kappa shape index (κ2) is 9.53. The van der Waals surface area contributed by atoms with Crippen LogP contribution in [0.2, 0.25) is 0 Å². The average molecular weight is 510 g/mol. The minimum Gasteiger partial charge on any atom is -0.460 e. The molecule has 2 aromatic carbocycles. The Bertz CT molecular complexity index is 1400. The molecular formula is C27H27NO9.